The summed E-state index contributed by atoms with van der Waals surface area (Å²) >= 11 is 0. The minimum Gasteiger partial charge on any atom is -0.353 e. The van der Waals surface area contributed by atoms with Crippen molar-refractivity contribution in [3.8, 4) is 33.8 Å². The predicted octanol–water partition coefficient (Wildman–Crippen LogP) is 4.63. The third-order valence-electron chi connectivity index (χ3n) is 5.21. The first kappa shape index (κ1) is 16.6. The van der Waals surface area contributed by atoms with E-state index < -0.39 is 0 Å². The van der Waals surface area contributed by atoms with E-state index in [9.17, 15) is 0 Å². The largest absolute Gasteiger partial charge is 0.353 e. The number of pyridine rings is 2. The fourth-order valence-corrected chi connectivity index (χ4v) is 3.77. The van der Waals surface area contributed by atoms with Gasteiger partial charge in [0.25, 0.3) is 0 Å². The summed E-state index contributed by atoms with van der Waals surface area (Å²) in [6.07, 6.45) is 10.5. The zero-order valence-corrected chi connectivity index (χ0v) is 15.7. The van der Waals surface area contributed by atoms with Crippen molar-refractivity contribution in [1.82, 2.24) is 35.1 Å². The van der Waals surface area contributed by atoms with Gasteiger partial charge in [-0.3, -0.25) is 15.1 Å². The highest BCUT2D eigenvalue weighted by atomic mass is 15.1. The van der Waals surface area contributed by atoms with Crippen LogP contribution in [0.15, 0.2) is 79.8 Å². The van der Waals surface area contributed by atoms with Crippen LogP contribution in [0, 0.1) is 0 Å². The molecule has 6 aromatic rings. The average molecular weight is 389 g/mol. The highest BCUT2D eigenvalue weighted by molar-refractivity contribution is 6.00. The Kier molecular flexibility index (Phi) is 3.64. The van der Waals surface area contributed by atoms with Crippen LogP contribution in [0.2, 0.25) is 0 Å². The number of hydrogen-bond donors (Lipinski definition) is 2. The van der Waals surface area contributed by atoms with Crippen LogP contribution in [-0.2, 0) is 0 Å². The topological polar surface area (TPSA) is 96.0 Å². The first-order chi connectivity index (χ1) is 14.9. The Labute approximate surface area is 170 Å². The number of hydrogen-bond acceptors (Lipinski definition) is 5. The van der Waals surface area contributed by atoms with Crippen LogP contribution in [0.3, 0.4) is 0 Å². The number of aromatic nitrogens is 7. The van der Waals surface area contributed by atoms with Gasteiger partial charge in [-0.2, -0.15) is 5.10 Å². The van der Waals surface area contributed by atoms with Gasteiger partial charge >= 0.3 is 0 Å². The molecule has 5 aromatic heterocycles. The fourth-order valence-electron chi connectivity index (χ4n) is 3.77. The van der Waals surface area contributed by atoms with Crippen molar-refractivity contribution in [3.63, 3.8) is 0 Å². The van der Waals surface area contributed by atoms with Crippen LogP contribution in [0.1, 0.15) is 0 Å². The maximum Gasteiger partial charge on any atom is 0.116 e. The summed E-state index contributed by atoms with van der Waals surface area (Å²) in [6.45, 7) is 0. The standard InChI is InChI=1S/C23H15N7/c1-2-20-17(9-15(1)16-11-25-13-26-12-16)23(30-29-20)21-10-18-19(28-21)5-8-27-22(18)14-3-6-24-7-4-14/h1-13,28H,(H,29,30). The summed E-state index contributed by atoms with van der Waals surface area (Å²) in [5.41, 5.74) is 7.72. The molecule has 6 rings (SSSR count). The summed E-state index contributed by atoms with van der Waals surface area (Å²) in [6, 6.07) is 14.2. The molecule has 0 unspecified atom stereocenters. The van der Waals surface area contributed by atoms with Gasteiger partial charge in [0.2, 0.25) is 0 Å². The molecular formula is C23H15N7. The van der Waals surface area contributed by atoms with Crippen molar-refractivity contribution in [2.75, 3.05) is 0 Å². The molecule has 0 amide bonds. The van der Waals surface area contributed by atoms with E-state index in [-0.39, 0.29) is 0 Å². The molecule has 0 radical (unpaired) electrons. The molecule has 0 saturated carbocycles. The molecule has 7 heteroatoms. The normalized spacial score (nSPS) is 11.3. The van der Waals surface area contributed by atoms with Crippen molar-refractivity contribution in [3.05, 3.63) is 79.8 Å². The van der Waals surface area contributed by atoms with Gasteiger partial charge in [-0.05, 0) is 42.0 Å². The van der Waals surface area contributed by atoms with Gasteiger partial charge in [0, 0.05) is 58.4 Å². The van der Waals surface area contributed by atoms with E-state index in [4.69, 9.17) is 0 Å². The van der Waals surface area contributed by atoms with Crippen LogP contribution >= 0.6 is 0 Å². The van der Waals surface area contributed by atoms with E-state index in [1.807, 2.05) is 48.9 Å². The van der Waals surface area contributed by atoms with Gasteiger partial charge in [-0.25, -0.2) is 9.97 Å². The molecule has 0 atom stereocenters. The molecule has 0 spiro atoms. The Bertz CT molecular complexity index is 1480. The van der Waals surface area contributed by atoms with E-state index >= 15 is 0 Å². The lowest BCUT2D eigenvalue weighted by atomic mass is 10.0. The number of rotatable bonds is 3. The van der Waals surface area contributed by atoms with Crippen molar-refractivity contribution >= 4 is 21.8 Å². The van der Waals surface area contributed by atoms with Crippen molar-refractivity contribution in [1.29, 1.82) is 0 Å². The fraction of sp³-hybridized carbons (Fsp3) is 0. The number of benzene rings is 1. The molecule has 5 heterocycles. The highest BCUT2D eigenvalue weighted by Gasteiger charge is 2.15. The molecule has 0 aliphatic carbocycles. The van der Waals surface area contributed by atoms with Gasteiger partial charge < -0.3 is 4.98 Å². The molecule has 142 valence electrons. The smallest absolute Gasteiger partial charge is 0.116 e. The first-order valence-electron chi connectivity index (χ1n) is 9.49. The number of fused-ring (bicyclic) bond motifs is 2. The molecule has 1 aromatic carbocycles. The van der Waals surface area contributed by atoms with E-state index in [0.29, 0.717) is 0 Å². The highest BCUT2D eigenvalue weighted by Crippen LogP contribution is 2.34. The van der Waals surface area contributed by atoms with Gasteiger partial charge in [0.05, 0.1) is 16.9 Å². The van der Waals surface area contributed by atoms with E-state index in [1.165, 1.54) is 6.33 Å². The second kappa shape index (κ2) is 6.59. The Morgan fingerprint density at radius 3 is 2.33 bits per heavy atom. The molecule has 0 fully saturated rings. The van der Waals surface area contributed by atoms with Gasteiger partial charge in [-0.15, -0.1) is 0 Å². The molecule has 0 aliphatic rings. The quantitative estimate of drug-likeness (QED) is 0.460. The molecule has 0 aliphatic heterocycles. The maximum atomic E-state index is 4.60. The number of nitrogens with zero attached hydrogens (tertiary/aromatic N) is 5. The van der Waals surface area contributed by atoms with Crippen LogP contribution < -0.4 is 0 Å². The third-order valence-corrected chi connectivity index (χ3v) is 5.21. The van der Waals surface area contributed by atoms with E-state index in [1.54, 1.807) is 12.4 Å². The Hall–Kier alpha value is -4.39. The molecule has 0 bridgehead atoms. The summed E-state index contributed by atoms with van der Waals surface area (Å²) in [5, 5.41) is 9.78. The first-order valence-corrected chi connectivity index (χ1v) is 9.49. The molecule has 0 saturated heterocycles. The summed E-state index contributed by atoms with van der Waals surface area (Å²) < 4.78 is 0. The lowest BCUT2D eigenvalue weighted by Gasteiger charge is -2.01. The molecule has 2 N–H and O–H groups in total. The summed E-state index contributed by atoms with van der Waals surface area (Å²) in [5.74, 6) is 0. The van der Waals surface area contributed by atoms with Gasteiger partial charge in [0.1, 0.15) is 12.0 Å². The monoisotopic (exact) mass is 389 g/mol. The minimum atomic E-state index is 0.862. The van der Waals surface area contributed by atoms with Crippen LogP contribution in [0.4, 0.5) is 0 Å². The number of aromatic amines is 2. The van der Waals surface area contributed by atoms with Crippen molar-refractivity contribution < 1.29 is 0 Å². The summed E-state index contributed by atoms with van der Waals surface area (Å²) in [7, 11) is 0. The predicted molar refractivity (Wildman–Crippen MR) is 115 cm³/mol. The van der Waals surface area contributed by atoms with Crippen LogP contribution in [0.5, 0.6) is 0 Å². The lowest BCUT2D eigenvalue weighted by Crippen LogP contribution is -1.84. The Balaban J connectivity index is 1.52. The summed E-state index contributed by atoms with van der Waals surface area (Å²) in [4.78, 5) is 20.4. The third kappa shape index (κ3) is 2.64. The molecular weight excluding hydrogens is 374 g/mol. The lowest BCUT2D eigenvalue weighted by molar-refractivity contribution is 1.12. The van der Waals surface area contributed by atoms with Crippen molar-refractivity contribution in [2.24, 2.45) is 0 Å². The zero-order chi connectivity index (χ0) is 19.9. The van der Waals surface area contributed by atoms with Gasteiger partial charge in [0.15, 0.2) is 0 Å². The van der Waals surface area contributed by atoms with E-state index in [2.05, 4.69) is 47.2 Å². The second-order valence-electron chi connectivity index (χ2n) is 7.00. The Morgan fingerprint density at radius 2 is 1.47 bits per heavy atom. The zero-order valence-electron chi connectivity index (χ0n) is 15.7. The molecule has 30 heavy (non-hydrogen) atoms. The average Bonchev–Trinajstić information content (AvgIpc) is 3.43. The van der Waals surface area contributed by atoms with Crippen molar-refractivity contribution in [2.45, 2.75) is 0 Å². The Morgan fingerprint density at radius 1 is 0.633 bits per heavy atom. The van der Waals surface area contributed by atoms with Crippen LogP contribution in [0.25, 0.3) is 55.6 Å². The minimum absolute atomic E-state index is 0.862. The molecule has 7 nitrogen and oxygen atoms in total. The van der Waals surface area contributed by atoms with Crippen LogP contribution in [-0.4, -0.2) is 35.1 Å². The number of nitrogens with one attached hydrogen (secondary N) is 2. The van der Waals surface area contributed by atoms with Gasteiger partial charge in [-0.1, -0.05) is 6.07 Å². The van der Waals surface area contributed by atoms with E-state index in [0.717, 1.165) is 55.6 Å². The number of H-pyrrole nitrogens is 2. The second-order valence-corrected chi connectivity index (χ2v) is 7.00. The SMILES string of the molecule is c1cc(-c2nccc3[nH]c(-c4n[nH]c5ccc(-c6cncnc6)cc45)cc23)ccn1. The maximum absolute atomic E-state index is 4.60.